The van der Waals surface area contributed by atoms with Crippen LogP contribution in [0.3, 0.4) is 0 Å². The van der Waals surface area contributed by atoms with E-state index in [9.17, 15) is 45.5 Å². The van der Waals surface area contributed by atoms with Gasteiger partial charge in [0.15, 0.2) is 5.41 Å². The van der Waals surface area contributed by atoms with Crippen molar-refractivity contribution in [1.29, 1.82) is 0 Å². The fraction of sp³-hybridized carbons (Fsp3) is 0.333. The van der Waals surface area contributed by atoms with Crippen LogP contribution in [0.2, 0.25) is 0 Å². The average Bonchev–Trinajstić information content (AvgIpc) is 2.44. The second-order valence-corrected chi connectivity index (χ2v) is 4.93. The molecule has 0 bridgehead atoms. The van der Waals surface area contributed by atoms with Crippen LogP contribution in [0.1, 0.15) is 0 Å². The van der Waals surface area contributed by atoms with Gasteiger partial charge in [-0.2, -0.15) is 22.0 Å². The first-order valence-electron chi connectivity index (χ1n) is 6.00. The Morgan fingerprint density at radius 2 is 1.19 bits per heavy atom. The van der Waals surface area contributed by atoms with Gasteiger partial charge in [0.1, 0.15) is 0 Å². The second-order valence-electron chi connectivity index (χ2n) is 4.93. The molecular formula is C12H6F6O8. The number of halogens is 6. The number of hydrogen-bond donors (Lipinski definition) is 4. The molecule has 4 N–H and O–H groups in total. The van der Waals surface area contributed by atoms with Crippen molar-refractivity contribution in [2.24, 2.45) is 5.41 Å². The van der Waals surface area contributed by atoms with Gasteiger partial charge in [-0.3, -0.25) is 4.79 Å². The van der Waals surface area contributed by atoms with Gasteiger partial charge in [0, 0.05) is 0 Å². The van der Waals surface area contributed by atoms with Crippen molar-refractivity contribution in [3.63, 3.8) is 0 Å². The number of hydrogen-bond acceptors (Lipinski definition) is 4. The largest absolute Gasteiger partial charge is 0.480 e. The van der Waals surface area contributed by atoms with Crippen LogP contribution < -0.4 is 0 Å². The summed E-state index contributed by atoms with van der Waals surface area (Å²) in [5.41, 5.74) is -14.2. The molecule has 144 valence electrons. The lowest BCUT2D eigenvalue weighted by Gasteiger charge is -2.39. The van der Waals surface area contributed by atoms with E-state index in [0.29, 0.717) is 0 Å². The topological polar surface area (TPSA) is 149 Å². The first-order chi connectivity index (χ1) is 11.5. The zero-order chi connectivity index (χ0) is 20.9. The molecule has 0 aromatic rings. The summed E-state index contributed by atoms with van der Waals surface area (Å²) in [6, 6.07) is 0. The standard InChI is InChI=1S/C12H6F6O8/c13-10(8(25)26)2-3(5(19)20)9(7(23)24,1-4(10)6(21)22)11(14,15)12(16,17)18/h1-2H,(H,19,20)(H,21,22)(H,23,24)(H,25,26). The summed E-state index contributed by atoms with van der Waals surface area (Å²) < 4.78 is 80.4. The fourth-order valence-corrected chi connectivity index (χ4v) is 2.21. The summed E-state index contributed by atoms with van der Waals surface area (Å²) in [5.74, 6) is -17.9. The van der Waals surface area contributed by atoms with Crippen molar-refractivity contribution in [2.45, 2.75) is 17.8 Å². The molecule has 0 amide bonds. The molecule has 1 aliphatic carbocycles. The smallest absolute Gasteiger partial charge is 0.455 e. The number of aliphatic carboxylic acids is 4. The predicted octanol–water partition coefficient (Wildman–Crippen LogP) is 1.08. The molecule has 0 aromatic heterocycles. The van der Waals surface area contributed by atoms with Crippen LogP contribution >= 0.6 is 0 Å². The highest BCUT2D eigenvalue weighted by molar-refractivity contribution is 6.07. The molecule has 26 heavy (non-hydrogen) atoms. The van der Waals surface area contributed by atoms with E-state index < -0.39 is 70.4 Å². The minimum absolute atomic E-state index is 0.908. The van der Waals surface area contributed by atoms with E-state index in [2.05, 4.69) is 0 Å². The first-order valence-corrected chi connectivity index (χ1v) is 6.00. The average molecular weight is 392 g/mol. The van der Waals surface area contributed by atoms with Gasteiger partial charge in [0.25, 0.3) is 5.67 Å². The van der Waals surface area contributed by atoms with E-state index in [1.165, 1.54) is 0 Å². The first kappa shape index (κ1) is 21.0. The van der Waals surface area contributed by atoms with Gasteiger partial charge in [-0.1, -0.05) is 0 Å². The highest BCUT2D eigenvalue weighted by Gasteiger charge is 2.77. The van der Waals surface area contributed by atoms with Gasteiger partial charge in [-0.05, 0) is 12.2 Å². The lowest BCUT2D eigenvalue weighted by atomic mass is 9.66. The highest BCUT2D eigenvalue weighted by Crippen LogP contribution is 2.56. The summed E-state index contributed by atoms with van der Waals surface area (Å²) in [7, 11) is 0. The third-order valence-corrected chi connectivity index (χ3v) is 3.48. The molecule has 2 atom stereocenters. The molecule has 0 aromatic carbocycles. The number of carboxylic acid groups (broad SMARTS) is 4. The van der Waals surface area contributed by atoms with Gasteiger partial charge in [0.05, 0.1) is 11.1 Å². The maximum atomic E-state index is 14.4. The van der Waals surface area contributed by atoms with Gasteiger partial charge in [-0.25, -0.2) is 18.8 Å². The van der Waals surface area contributed by atoms with Crippen LogP contribution in [0, 0.1) is 5.41 Å². The summed E-state index contributed by atoms with van der Waals surface area (Å²) in [5, 5.41) is 35.2. The van der Waals surface area contributed by atoms with E-state index in [1.54, 1.807) is 0 Å². The van der Waals surface area contributed by atoms with Gasteiger partial charge >= 0.3 is 36.0 Å². The van der Waals surface area contributed by atoms with Crippen molar-refractivity contribution in [2.75, 3.05) is 0 Å². The van der Waals surface area contributed by atoms with Crippen LogP contribution in [0.4, 0.5) is 26.3 Å². The lowest BCUT2D eigenvalue weighted by molar-refractivity contribution is -0.309. The number of rotatable bonds is 5. The zero-order valence-electron chi connectivity index (χ0n) is 11.8. The molecule has 0 saturated carbocycles. The van der Waals surface area contributed by atoms with Crippen molar-refractivity contribution in [3.05, 3.63) is 23.3 Å². The molecule has 0 spiro atoms. The quantitative estimate of drug-likeness (QED) is 0.508. The Hall–Kier alpha value is -3.06. The lowest BCUT2D eigenvalue weighted by Crippen LogP contribution is -2.60. The van der Waals surface area contributed by atoms with Crippen molar-refractivity contribution in [1.82, 2.24) is 0 Å². The van der Waals surface area contributed by atoms with Crippen LogP contribution in [-0.2, 0) is 19.2 Å². The van der Waals surface area contributed by atoms with Gasteiger partial charge < -0.3 is 20.4 Å². The molecule has 0 saturated heterocycles. The van der Waals surface area contributed by atoms with Crippen LogP contribution in [-0.4, -0.2) is 62.1 Å². The molecule has 1 rings (SSSR count). The molecule has 0 aliphatic heterocycles. The molecule has 14 heteroatoms. The summed E-state index contributed by atoms with van der Waals surface area (Å²) >= 11 is 0. The Bertz CT molecular complexity index is 766. The van der Waals surface area contributed by atoms with E-state index in [4.69, 9.17) is 20.4 Å². The Kier molecular flexibility index (Phi) is 4.63. The fourth-order valence-electron chi connectivity index (χ4n) is 2.21. The number of carboxylic acids is 4. The molecule has 8 nitrogen and oxygen atoms in total. The van der Waals surface area contributed by atoms with Gasteiger partial charge in [0.2, 0.25) is 0 Å². The third-order valence-electron chi connectivity index (χ3n) is 3.48. The van der Waals surface area contributed by atoms with E-state index in [-0.39, 0.29) is 0 Å². The predicted molar refractivity (Wildman–Crippen MR) is 64.0 cm³/mol. The summed E-state index contributed by atoms with van der Waals surface area (Å²) in [4.78, 5) is 44.2. The monoisotopic (exact) mass is 392 g/mol. The van der Waals surface area contributed by atoms with Crippen molar-refractivity contribution < 1.29 is 65.9 Å². The molecular weight excluding hydrogens is 386 g/mol. The Balaban J connectivity index is 4.14. The maximum Gasteiger partial charge on any atom is 0.455 e. The highest BCUT2D eigenvalue weighted by atomic mass is 19.4. The molecule has 0 fully saturated rings. The SMILES string of the molecule is O=C(O)C1=CC(C(=O)O)(C(F)(F)C(F)(F)F)C(C(=O)O)=CC1(F)C(=O)O. The minimum atomic E-state index is -6.72. The Morgan fingerprint density at radius 1 is 0.769 bits per heavy atom. The van der Waals surface area contributed by atoms with Crippen molar-refractivity contribution in [3.8, 4) is 0 Å². The molecule has 2 unspecified atom stereocenters. The molecule has 0 heterocycles. The Morgan fingerprint density at radius 3 is 1.46 bits per heavy atom. The maximum absolute atomic E-state index is 14.4. The van der Waals surface area contributed by atoms with Crippen LogP contribution in [0.15, 0.2) is 23.3 Å². The van der Waals surface area contributed by atoms with Gasteiger partial charge in [-0.15, -0.1) is 0 Å². The summed E-state index contributed by atoms with van der Waals surface area (Å²) in [6.45, 7) is 0. The van der Waals surface area contributed by atoms with E-state index in [1.807, 2.05) is 0 Å². The normalized spacial score (nSPS) is 26.5. The van der Waals surface area contributed by atoms with Crippen molar-refractivity contribution >= 4 is 23.9 Å². The van der Waals surface area contributed by atoms with E-state index >= 15 is 0 Å². The number of alkyl halides is 6. The minimum Gasteiger partial charge on any atom is -0.480 e. The number of carbonyl (C=O) groups is 4. The third kappa shape index (κ3) is 2.57. The zero-order valence-corrected chi connectivity index (χ0v) is 11.8. The van der Waals surface area contributed by atoms with Crippen LogP contribution in [0.25, 0.3) is 0 Å². The van der Waals surface area contributed by atoms with Crippen LogP contribution in [0.5, 0.6) is 0 Å². The molecule has 1 aliphatic rings. The second kappa shape index (κ2) is 5.74. The Labute approximate surface area is 137 Å². The molecule has 0 radical (unpaired) electrons. The summed E-state index contributed by atoms with van der Waals surface area (Å²) in [6.07, 6.45) is -8.68. The van der Waals surface area contributed by atoms with E-state index in [0.717, 1.165) is 0 Å².